The largest absolute Gasteiger partial charge is 0.325 e. The lowest BCUT2D eigenvalue weighted by Crippen LogP contribution is -2.41. The first-order chi connectivity index (χ1) is 9.28. The Balaban J connectivity index is 2.04. The van der Waals surface area contributed by atoms with E-state index in [4.69, 9.17) is 5.73 Å². The Labute approximate surface area is 131 Å². The van der Waals surface area contributed by atoms with Crippen LogP contribution in [-0.4, -0.2) is 10.5 Å². The fourth-order valence-corrected chi connectivity index (χ4v) is 3.85. The van der Waals surface area contributed by atoms with Gasteiger partial charge in [0, 0.05) is 22.4 Å². The maximum absolute atomic E-state index is 6.70. The van der Waals surface area contributed by atoms with Crippen LogP contribution in [0.25, 0.3) is 0 Å². The van der Waals surface area contributed by atoms with E-state index in [0.717, 1.165) is 29.7 Å². The monoisotopic (exact) mass is 338 g/mol. The molecule has 0 spiro atoms. The van der Waals surface area contributed by atoms with Gasteiger partial charge in [0.1, 0.15) is 0 Å². The average molecular weight is 339 g/mol. The van der Waals surface area contributed by atoms with Gasteiger partial charge in [0.05, 0.1) is 0 Å². The van der Waals surface area contributed by atoms with E-state index in [2.05, 4.69) is 47.8 Å². The third kappa shape index (κ3) is 4.29. The zero-order valence-corrected chi connectivity index (χ0v) is 14.5. The quantitative estimate of drug-likeness (QED) is 0.793. The Hall–Kier alpha value is -0.410. The number of rotatable bonds is 2. The van der Waals surface area contributed by atoms with Crippen molar-refractivity contribution in [3.63, 3.8) is 0 Å². The topological polar surface area (TPSA) is 38.9 Å². The van der Waals surface area contributed by atoms with Crippen molar-refractivity contribution in [1.29, 1.82) is 0 Å². The highest BCUT2D eigenvalue weighted by Crippen LogP contribution is 2.39. The molecule has 1 aliphatic rings. The maximum Gasteiger partial charge on any atom is 0.0410 e. The van der Waals surface area contributed by atoms with Gasteiger partial charge in [-0.05, 0) is 71.0 Å². The molecule has 0 amide bonds. The molecule has 1 aromatic rings. The molecule has 112 valence electrons. The number of hydrogen-bond acceptors (Lipinski definition) is 2. The zero-order valence-electron chi connectivity index (χ0n) is 13.0. The lowest BCUT2D eigenvalue weighted by molar-refractivity contribution is 0.210. The molecular weight excluding hydrogens is 312 g/mol. The summed E-state index contributed by atoms with van der Waals surface area (Å²) < 4.78 is 1.04. The maximum atomic E-state index is 6.70. The minimum Gasteiger partial charge on any atom is -0.325 e. The molecule has 1 fully saturated rings. The minimum absolute atomic E-state index is 0.0531. The number of halogens is 1. The van der Waals surface area contributed by atoms with Crippen LogP contribution in [0.4, 0.5) is 0 Å². The van der Waals surface area contributed by atoms with Crippen LogP contribution in [-0.2, 0) is 6.42 Å². The van der Waals surface area contributed by atoms with Crippen LogP contribution >= 0.6 is 15.9 Å². The lowest BCUT2D eigenvalue weighted by atomic mass is 9.76. The summed E-state index contributed by atoms with van der Waals surface area (Å²) in [6.45, 7) is 7.08. The number of pyridine rings is 1. The molecule has 2 atom stereocenters. The second kappa shape index (κ2) is 6.15. The molecule has 20 heavy (non-hydrogen) atoms. The van der Waals surface area contributed by atoms with Crippen LogP contribution in [0.2, 0.25) is 0 Å². The summed E-state index contributed by atoms with van der Waals surface area (Å²) in [5.41, 5.74) is 8.30. The molecule has 0 aliphatic heterocycles. The van der Waals surface area contributed by atoms with Crippen LogP contribution in [0.3, 0.4) is 0 Å². The van der Waals surface area contributed by atoms with Gasteiger partial charge in [-0.15, -0.1) is 0 Å². The first-order valence-corrected chi connectivity index (χ1v) is 8.46. The summed E-state index contributed by atoms with van der Waals surface area (Å²) in [7, 11) is 0. The SMILES string of the molecule is CC(C)(C)C1CCCC(N)(Cc2cncc(Br)c2)CC1. The molecule has 0 bridgehead atoms. The lowest BCUT2D eigenvalue weighted by Gasteiger charge is -2.31. The van der Waals surface area contributed by atoms with Crippen molar-refractivity contribution in [2.24, 2.45) is 17.1 Å². The molecule has 0 aromatic carbocycles. The highest BCUT2D eigenvalue weighted by molar-refractivity contribution is 9.10. The van der Waals surface area contributed by atoms with Crippen molar-refractivity contribution in [2.45, 2.75) is 64.8 Å². The van der Waals surface area contributed by atoms with Crippen molar-refractivity contribution >= 4 is 15.9 Å². The fraction of sp³-hybridized carbons (Fsp3) is 0.706. The van der Waals surface area contributed by atoms with E-state index in [1.54, 1.807) is 0 Å². The van der Waals surface area contributed by atoms with E-state index in [0.29, 0.717) is 5.41 Å². The van der Waals surface area contributed by atoms with E-state index in [9.17, 15) is 0 Å². The summed E-state index contributed by atoms with van der Waals surface area (Å²) in [5.74, 6) is 0.800. The Morgan fingerprint density at radius 1 is 1.30 bits per heavy atom. The van der Waals surface area contributed by atoms with Gasteiger partial charge in [0.2, 0.25) is 0 Å². The van der Waals surface area contributed by atoms with Crippen molar-refractivity contribution in [3.8, 4) is 0 Å². The van der Waals surface area contributed by atoms with Crippen molar-refractivity contribution in [1.82, 2.24) is 4.98 Å². The summed E-state index contributed by atoms with van der Waals surface area (Å²) >= 11 is 3.49. The molecule has 2 unspecified atom stereocenters. The molecule has 1 heterocycles. The molecule has 1 aliphatic carbocycles. The second-order valence-corrected chi connectivity index (χ2v) is 8.46. The highest BCUT2D eigenvalue weighted by Gasteiger charge is 2.33. The van der Waals surface area contributed by atoms with Crippen LogP contribution in [0.15, 0.2) is 22.9 Å². The molecule has 0 saturated heterocycles. The zero-order chi connectivity index (χ0) is 14.8. The normalized spacial score (nSPS) is 28.1. The summed E-state index contributed by atoms with van der Waals surface area (Å²) in [6.07, 6.45) is 10.8. The first-order valence-electron chi connectivity index (χ1n) is 7.67. The number of nitrogens with zero attached hydrogens (tertiary/aromatic N) is 1. The summed E-state index contributed by atoms with van der Waals surface area (Å²) in [6, 6.07) is 2.15. The van der Waals surface area contributed by atoms with Gasteiger partial charge >= 0.3 is 0 Å². The van der Waals surface area contributed by atoms with Crippen molar-refractivity contribution < 1.29 is 0 Å². The second-order valence-electron chi connectivity index (χ2n) is 7.54. The number of nitrogens with two attached hydrogens (primary N) is 1. The Morgan fingerprint density at radius 3 is 2.70 bits per heavy atom. The van der Waals surface area contributed by atoms with Crippen molar-refractivity contribution in [2.75, 3.05) is 0 Å². The average Bonchev–Trinajstić information content (AvgIpc) is 2.50. The molecule has 3 heteroatoms. The Morgan fingerprint density at radius 2 is 2.05 bits per heavy atom. The van der Waals surface area contributed by atoms with E-state index in [-0.39, 0.29) is 5.54 Å². The van der Waals surface area contributed by atoms with Crippen LogP contribution in [0.1, 0.15) is 58.4 Å². The predicted octanol–water partition coefficient (Wildman–Crippen LogP) is 4.71. The van der Waals surface area contributed by atoms with E-state index >= 15 is 0 Å². The summed E-state index contributed by atoms with van der Waals surface area (Å²) in [5, 5.41) is 0. The van der Waals surface area contributed by atoms with E-state index in [1.165, 1.54) is 24.8 Å². The van der Waals surface area contributed by atoms with E-state index < -0.39 is 0 Å². The summed E-state index contributed by atoms with van der Waals surface area (Å²) in [4.78, 5) is 4.26. The third-order valence-corrected chi connectivity index (χ3v) is 5.19. The van der Waals surface area contributed by atoms with Gasteiger partial charge in [-0.3, -0.25) is 4.98 Å². The van der Waals surface area contributed by atoms with Crippen molar-refractivity contribution in [3.05, 3.63) is 28.5 Å². The van der Waals surface area contributed by atoms with Gasteiger partial charge in [0.25, 0.3) is 0 Å². The smallest absolute Gasteiger partial charge is 0.0410 e. The fourth-order valence-electron chi connectivity index (χ4n) is 3.43. The number of hydrogen-bond donors (Lipinski definition) is 1. The third-order valence-electron chi connectivity index (χ3n) is 4.76. The molecule has 1 aromatic heterocycles. The standard InChI is InChI=1S/C17H27BrN2/c1-16(2,3)14-5-4-7-17(19,8-6-14)10-13-9-15(18)12-20-11-13/h9,11-12,14H,4-8,10,19H2,1-3H3. The first kappa shape index (κ1) is 16.0. The van der Waals surface area contributed by atoms with Gasteiger partial charge in [-0.25, -0.2) is 0 Å². The van der Waals surface area contributed by atoms with Gasteiger partial charge in [-0.1, -0.05) is 27.2 Å². The molecule has 0 radical (unpaired) electrons. The van der Waals surface area contributed by atoms with Crippen LogP contribution < -0.4 is 5.73 Å². The highest BCUT2D eigenvalue weighted by atomic mass is 79.9. The van der Waals surface area contributed by atoms with Crippen LogP contribution in [0, 0.1) is 11.3 Å². The molecular formula is C17H27BrN2. The molecule has 2 N–H and O–H groups in total. The molecule has 2 rings (SSSR count). The minimum atomic E-state index is -0.0531. The van der Waals surface area contributed by atoms with Crippen LogP contribution in [0.5, 0.6) is 0 Å². The Bertz CT molecular complexity index is 453. The number of aromatic nitrogens is 1. The Kier molecular flexibility index (Phi) is 4.91. The predicted molar refractivity (Wildman–Crippen MR) is 88.6 cm³/mol. The van der Waals surface area contributed by atoms with Gasteiger partial charge in [0.15, 0.2) is 0 Å². The van der Waals surface area contributed by atoms with E-state index in [1.807, 2.05) is 12.4 Å². The van der Waals surface area contributed by atoms with Gasteiger partial charge in [-0.2, -0.15) is 0 Å². The molecule has 1 saturated carbocycles. The molecule has 2 nitrogen and oxygen atoms in total. The van der Waals surface area contributed by atoms with Gasteiger partial charge < -0.3 is 5.73 Å².